The maximum Gasteiger partial charge on any atom is 0.333 e. The van der Waals surface area contributed by atoms with Crippen LogP contribution >= 0.6 is 0 Å². The molecule has 12 atom stereocenters. The average Bonchev–Trinajstić information content (AvgIpc) is 3.30. The molecule has 222 valence electrons. The summed E-state index contributed by atoms with van der Waals surface area (Å²) in [6, 6.07) is 8.30. The van der Waals surface area contributed by atoms with Crippen LogP contribution in [0.15, 0.2) is 30.3 Å². The zero-order valence-electron chi connectivity index (χ0n) is 24.6. The summed E-state index contributed by atoms with van der Waals surface area (Å²) >= 11 is 0. The van der Waals surface area contributed by atoms with Gasteiger partial charge in [-0.15, -0.1) is 0 Å². The molecule has 0 unspecified atom stereocenters. The number of esters is 1. The molecule has 0 aliphatic heterocycles. The Morgan fingerprint density at radius 3 is 2.45 bits per heavy atom. The molecule has 0 bridgehead atoms. The van der Waals surface area contributed by atoms with Gasteiger partial charge in [0.15, 0.2) is 6.04 Å². The van der Waals surface area contributed by atoms with Gasteiger partial charge in [-0.3, -0.25) is 4.79 Å². The summed E-state index contributed by atoms with van der Waals surface area (Å²) < 4.78 is 4.94. The predicted molar refractivity (Wildman–Crippen MR) is 152 cm³/mol. The molecular formula is C33H49NO6. The van der Waals surface area contributed by atoms with Crippen molar-refractivity contribution in [1.29, 1.82) is 0 Å². The van der Waals surface area contributed by atoms with Gasteiger partial charge in [-0.25, -0.2) is 4.79 Å². The highest BCUT2D eigenvalue weighted by Gasteiger charge is 2.65. The number of aliphatic hydroxyl groups excluding tert-OH is 3. The summed E-state index contributed by atoms with van der Waals surface area (Å²) in [7, 11) is 1.32. The maximum absolute atomic E-state index is 13.0. The molecule has 4 saturated carbocycles. The van der Waals surface area contributed by atoms with Crippen LogP contribution in [0.25, 0.3) is 0 Å². The number of carbonyl (C=O) groups excluding carboxylic acids is 2. The number of amides is 1. The summed E-state index contributed by atoms with van der Waals surface area (Å²) in [6.45, 7) is 6.78. The van der Waals surface area contributed by atoms with E-state index in [0.29, 0.717) is 30.7 Å². The first-order valence-corrected chi connectivity index (χ1v) is 15.5. The van der Waals surface area contributed by atoms with Crippen molar-refractivity contribution >= 4 is 11.9 Å². The fraction of sp³-hybridized carbons (Fsp3) is 0.758. The minimum absolute atomic E-state index is 0.0577. The van der Waals surface area contributed by atoms with Crippen molar-refractivity contribution in [2.24, 2.45) is 46.3 Å². The topological polar surface area (TPSA) is 116 Å². The first-order valence-electron chi connectivity index (χ1n) is 15.5. The van der Waals surface area contributed by atoms with Crippen LogP contribution in [0.2, 0.25) is 0 Å². The molecule has 7 heteroatoms. The van der Waals surface area contributed by atoms with E-state index in [4.69, 9.17) is 4.74 Å². The van der Waals surface area contributed by atoms with Gasteiger partial charge < -0.3 is 25.4 Å². The van der Waals surface area contributed by atoms with E-state index in [1.165, 1.54) is 7.11 Å². The zero-order chi connectivity index (χ0) is 28.8. The van der Waals surface area contributed by atoms with E-state index in [1.807, 2.05) is 18.2 Å². The molecule has 1 aromatic carbocycles. The quantitative estimate of drug-likeness (QED) is 0.371. The molecule has 4 fully saturated rings. The van der Waals surface area contributed by atoms with E-state index in [9.17, 15) is 24.9 Å². The Bertz CT molecular complexity index is 1060. The van der Waals surface area contributed by atoms with Crippen molar-refractivity contribution in [3.63, 3.8) is 0 Å². The molecular weight excluding hydrogens is 506 g/mol. The highest BCUT2D eigenvalue weighted by molar-refractivity contribution is 5.85. The predicted octanol–water partition coefficient (Wildman–Crippen LogP) is 4.39. The van der Waals surface area contributed by atoms with E-state index < -0.39 is 24.2 Å². The Kier molecular flexibility index (Phi) is 8.40. The van der Waals surface area contributed by atoms with Crippen LogP contribution in [0.4, 0.5) is 0 Å². The lowest BCUT2D eigenvalue weighted by atomic mass is 9.43. The molecule has 0 aromatic heterocycles. The van der Waals surface area contributed by atoms with Gasteiger partial charge in [0.05, 0.1) is 25.4 Å². The number of nitrogens with one attached hydrogen (secondary N) is 1. The number of carbonyl (C=O) groups is 2. The number of aliphatic hydroxyl groups is 3. The first kappa shape index (κ1) is 29.5. The molecule has 0 saturated heterocycles. The molecule has 4 aliphatic carbocycles. The van der Waals surface area contributed by atoms with Crippen molar-refractivity contribution in [3.05, 3.63) is 35.9 Å². The van der Waals surface area contributed by atoms with E-state index in [0.717, 1.165) is 38.5 Å². The number of rotatable bonds is 7. The van der Waals surface area contributed by atoms with Gasteiger partial charge in [0, 0.05) is 6.42 Å². The standard InChI is InChI=1S/C33H49NO6/c1-19(10-13-28(38)34-30(31(39)40-4)20-8-6-5-7-9-20)23-11-12-24-29-25(18-27(37)33(23,24)3)32(2)15-14-22(35)16-21(32)17-26(29)36/h5-9,19,21-27,29-30,35-37H,10-18H2,1-4H3,(H,34,38)/t19-,21+,22-,23-,24+,25+,26-,27+,29+,30-,32+,33-/m1/s1. The summed E-state index contributed by atoms with van der Waals surface area (Å²) in [5.41, 5.74) is 0.451. The van der Waals surface area contributed by atoms with E-state index in [1.54, 1.807) is 12.1 Å². The molecule has 0 radical (unpaired) electrons. The van der Waals surface area contributed by atoms with E-state index >= 15 is 0 Å². The van der Waals surface area contributed by atoms with Crippen molar-refractivity contribution in [3.8, 4) is 0 Å². The molecule has 4 N–H and O–H groups in total. The Morgan fingerprint density at radius 2 is 1.75 bits per heavy atom. The summed E-state index contributed by atoms with van der Waals surface area (Å²) in [5.74, 6) is 0.815. The second-order valence-corrected chi connectivity index (χ2v) is 14.0. The smallest absolute Gasteiger partial charge is 0.333 e. The molecule has 7 nitrogen and oxygen atoms in total. The van der Waals surface area contributed by atoms with Crippen LogP contribution < -0.4 is 5.32 Å². The van der Waals surface area contributed by atoms with Gasteiger partial charge in [-0.05, 0) is 103 Å². The molecule has 40 heavy (non-hydrogen) atoms. The Morgan fingerprint density at radius 1 is 1.02 bits per heavy atom. The third kappa shape index (κ3) is 5.00. The Hall–Kier alpha value is -1.96. The zero-order valence-corrected chi connectivity index (χ0v) is 24.6. The number of fused-ring (bicyclic) bond motifs is 5. The minimum atomic E-state index is -0.835. The Labute approximate surface area is 239 Å². The van der Waals surface area contributed by atoms with Crippen LogP contribution in [-0.2, 0) is 14.3 Å². The second-order valence-electron chi connectivity index (χ2n) is 14.0. The van der Waals surface area contributed by atoms with Crippen LogP contribution in [0, 0.1) is 46.3 Å². The molecule has 4 aliphatic rings. The first-order chi connectivity index (χ1) is 19.0. The lowest BCUT2D eigenvalue weighted by molar-refractivity contribution is -0.207. The summed E-state index contributed by atoms with van der Waals surface area (Å²) in [6.07, 6.45) is 5.84. The van der Waals surface area contributed by atoms with Crippen LogP contribution in [0.3, 0.4) is 0 Å². The summed E-state index contributed by atoms with van der Waals surface area (Å²) in [5, 5.41) is 36.5. The van der Waals surface area contributed by atoms with Crippen molar-refractivity contribution in [2.45, 2.75) is 103 Å². The number of hydrogen-bond donors (Lipinski definition) is 4. The fourth-order valence-corrected chi connectivity index (χ4v) is 9.97. The Balaban J connectivity index is 1.26. The normalized spacial score (nSPS) is 42.1. The van der Waals surface area contributed by atoms with Crippen LogP contribution in [0.1, 0.15) is 90.2 Å². The van der Waals surface area contributed by atoms with Gasteiger partial charge >= 0.3 is 5.97 Å². The van der Waals surface area contributed by atoms with Gasteiger partial charge in [-0.1, -0.05) is 51.1 Å². The number of benzene rings is 1. The lowest BCUT2D eigenvalue weighted by Crippen LogP contribution is -2.62. The van der Waals surface area contributed by atoms with Crippen molar-refractivity contribution < 1.29 is 29.6 Å². The van der Waals surface area contributed by atoms with E-state index in [-0.39, 0.29) is 52.4 Å². The van der Waals surface area contributed by atoms with Crippen LogP contribution in [0.5, 0.6) is 0 Å². The monoisotopic (exact) mass is 555 g/mol. The van der Waals surface area contributed by atoms with Gasteiger partial charge in [-0.2, -0.15) is 0 Å². The SMILES string of the molecule is COC(=O)[C@H](NC(=O)CC[C@@H](C)[C@H]1CC[C@H]2[C@@H]3[C@H](O)C[C@@H]4C[C@H](O)CC[C@]4(C)[C@H]3C[C@H](O)[C@]12C)c1ccccc1. The fourth-order valence-electron chi connectivity index (χ4n) is 9.97. The van der Waals surface area contributed by atoms with Gasteiger partial charge in [0.2, 0.25) is 5.91 Å². The second kappa shape index (κ2) is 11.4. The minimum Gasteiger partial charge on any atom is -0.467 e. The highest BCUT2D eigenvalue weighted by atomic mass is 16.5. The third-order valence-electron chi connectivity index (χ3n) is 12.2. The van der Waals surface area contributed by atoms with Crippen molar-refractivity contribution in [2.75, 3.05) is 7.11 Å². The van der Waals surface area contributed by atoms with E-state index in [2.05, 4.69) is 26.1 Å². The van der Waals surface area contributed by atoms with Gasteiger partial charge in [0.25, 0.3) is 0 Å². The van der Waals surface area contributed by atoms with Crippen LogP contribution in [-0.4, -0.2) is 52.6 Å². The molecule has 0 spiro atoms. The average molecular weight is 556 g/mol. The molecule has 1 amide bonds. The highest BCUT2D eigenvalue weighted by Crippen LogP contribution is 2.68. The lowest BCUT2D eigenvalue weighted by Gasteiger charge is -2.63. The summed E-state index contributed by atoms with van der Waals surface area (Å²) in [4.78, 5) is 25.4. The number of ether oxygens (including phenoxy) is 1. The molecule has 5 rings (SSSR count). The van der Waals surface area contributed by atoms with Gasteiger partial charge in [0.1, 0.15) is 0 Å². The number of hydrogen-bond acceptors (Lipinski definition) is 6. The van der Waals surface area contributed by atoms with Crippen molar-refractivity contribution in [1.82, 2.24) is 5.32 Å². The third-order valence-corrected chi connectivity index (χ3v) is 12.2. The molecule has 0 heterocycles. The number of methoxy groups -OCH3 is 1. The molecule has 1 aromatic rings. The maximum atomic E-state index is 13.0. The largest absolute Gasteiger partial charge is 0.467 e.